The molecule has 24 heavy (non-hydrogen) atoms. The molecule has 0 aromatic carbocycles. The van der Waals surface area contributed by atoms with Crippen LogP contribution in [-0.2, 0) is 13.1 Å². The molecule has 126 valence electrons. The third-order valence-corrected chi connectivity index (χ3v) is 4.52. The summed E-state index contributed by atoms with van der Waals surface area (Å²) in [4.78, 5) is 22.7. The highest BCUT2D eigenvalue weighted by Crippen LogP contribution is 2.23. The first-order valence-corrected chi connectivity index (χ1v) is 8.62. The smallest absolute Gasteiger partial charge is 0.318 e. The first-order chi connectivity index (χ1) is 11.8. The average molecular weight is 324 g/mol. The SMILES string of the molecule is O=C(NCC1CCCC1)N(Cc1ccncc1)Cc1cccnc1. The number of rotatable bonds is 6. The summed E-state index contributed by atoms with van der Waals surface area (Å²) in [5.74, 6) is 0.634. The number of aromatic nitrogens is 2. The minimum atomic E-state index is -0.0115. The van der Waals surface area contributed by atoms with Gasteiger partial charge in [0.25, 0.3) is 0 Å². The van der Waals surface area contributed by atoms with Crippen LogP contribution in [-0.4, -0.2) is 27.4 Å². The van der Waals surface area contributed by atoms with Gasteiger partial charge in [-0.25, -0.2) is 4.79 Å². The molecule has 0 spiro atoms. The highest BCUT2D eigenvalue weighted by molar-refractivity contribution is 5.74. The molecule has 3 rings (SSSR count). The Hall–Kier alpha value is -2.43. The van der Waals surface area contributed by atoms with Crippen LogP contribution in [0.3, 0.4) is 0 Å². The molecule has 0 saturated heterocycles. The summed E-state index contributed by atoms with van der Waals surface area (Å²) in [5.41, 5.74) is 2.10. The highest BCUT2D eigenvalue weighted by Gasteiger charge is 2.19. The lowest BCUT2D eigenvalue weighted by Crippen LogP contribution is -2.40. The second kappa shape index (κ2) is 8.43. The Morgan fingerprint density at radius 3 is 2.50 bits per heavy atom. The number of urea groups is 1. The summed E-state index contributed by atoms with van der Waals surface area (Å²) in [5, 5.41) is 3.12. The molecule has 0 unspecified atom stereocenters. The quantitative estimate of drug-likeness (QED) is 0.886. The Morgan fingerprint density at radius 1 is 1.04 bits per heavy atom. The summed E-state index contributed by atoms with van der Waals surface area (Å²) in [6, 6.07) is 7.77. The maximum absolute atomic E-state index is 12.7. The van der Waals surface area contributed by atoms with E-state index < -0.39 is 0 Å². The molecule has 2 amide bonds. The number of carbonyl (C=O) groups excluding carboxylic acids is 1. The van der Waals surface area contributed by atoms with Crippen molar-refractivity contribution in [1.29, 1.82) is 0 Å². The second-order valence-electron chi connectivity index (χ2n) is 6.41. The number of hydrogen-bond donors (Lipinski definition) is 1. The van der Waals surface area contributed by atoms with Gasteiger partial charge in [0, 0.05) is 44.4 Å². The first-order valence-electron chi connectivity index (χ1n) is 8.62. The Kier molecular flexibility index (Phi) is 5.77. The van der Waals surface area contributed by atoms with Crippen molar-refractivity contribution in [3.05, 3.63) is 60.2 Å². The fourth-order valence-electron chi connectivity index (χ4n) is 3.18. The van der Waals surface area contributed by atoms with Gasteiger partial charge >= 0.3 is 6.03 Å². The number of nitrogens with one attached hydrogen (secondary N) is 1. The molecule has 1 aliphatic carbocycles. The van der Waals surface area contributed by atoms with Crippen molar-refractivity contribution in [2.75, 3.05) is 6.54 Å². The van der Waals surface area contributed by atoms with Gasteiger partial charge in [-0.05, 0) is 48.1 Å². The molecule has 1 aliphatic rings. The van der Waals surface area contributed by atoms with Crippen molar-refractivity contribution in [3.8, 4) is 0 Å². The van der Waals surface area contributed by atoms with Gasteiger partial charge in [0.1, 0.15) is 0 Å². The molecule has 0 bridgehead atoms. The standard InChI is InChI=1S/C19H24N4O/c24-19(22-13-16-4-1-2-5-16)23(14-17-7-10-20-11-8-17)15-18-6-3-9-21-12-18/h3,6-12,16H,1-2,4-5,13-15H2,(H,22,24). The molecule has 2 aromatic rings. The van der Waals surface area contributed by atoms with Crippen LogP contribution in [0.25, 0.3) is 0 Å². The lowest BCUT2D eigenvalue weighted by Gasteiger charge is -2.24. The van der Waals surface area contributed by atoms with Crippen LogP contribution in [0.2, 0.25) is 0 Å². The fraction of sp³-hybridized carbons (Fsp3) is 0.421. The molecule has 5 heteroatoms. The topological polar surface area (TPSA) is 58.1 Å². The average Bonchev–Trinajstić information content (AvgIpc) is 3.14. The van der Waals surface area contributed by atoms with E-state index in [9.17, 15) is 4.79 Å². The van der Waals surface area contributed by atoms with Crippen LogP contribution in [0.1, 0.15) is 36.8 Å². The number of hydrogen-bond acceptors (Lipinski definition) is 3. The van der Waals surface area contributed by atoms with E-state index in [1.165, 1.54) is 25.7 Å². The predicted octanol–water partition coefficient (Wildman–Crippen LogP) is 3.38. The van der Waals surface area contributed by atoms with Crippen molar-refractivity contribution in [1.82, 2.24) is 20.2 Å². The van der Waals surface area contributed by atoms with Gasteiger partial charge in [-0.1, -0.05) is 18.9 Å². The van der Waals surface area contributed by atoms with Crippen LogP contribution in [0.5, 0.6) is 0 Å². The molecular weight excluding hydrogens is 300 g/mol. The summed E-state index contributed by atoms with van der Waals surface area (Å²) in [7, 11) is 0. The Labute approximate surface area is 143 Å². The molecule has 0 aliphatic heterocycles. The van der Waals surface area contributed by atoms with Crippen LogP contribution in [0.15, 0.2) is 49.1 Å². The maximum atomic E-state index is 12.7. The van der Waals surface area contributed by atoms with E-state index in [4.69, 9.17) is 0 Å². The van der Waals surface area contributed by atoms with Crippen molar-refractivity contribution < 1.29 is 4.79 Å². The molecule has 1 fully saturated rings. The zero-order valence-electron chi connectivity index (χ0n) is 13.9. The molecule has 2 aromatic heterocycles. The monoisotopic (exact) mass is 324 g/mol. The molecule has 0 atom stereocenters. The van der Waals surface area contributed by atoms with Crippen LogP contribution in [0.4, 0.5) is 4.79 Å². The van der Waals surface area contributed by atoms with Crippen molar-refractivity contribution in [2.45, 2.75) is 38.8 Å². The van der Waals surface area contributed by atoms with E-state index in [-0.39, 0.29) is 6.03 Å². The van der Waals surface area contributed by atoms with Gasteiger partial charge in [0.2, 0.25) is 0 Å². The van der Waals surface area contributed by atoms with E-state index in [2.05, 4.69) is 15.3 Å². The number of nitrogens with zero attached hydrogens (tertiary/aromatic N) is 3. The van der Waals surface area contributed by atoms with Gasteiger partial charge in [0.15, 0.2) is 0 Å². The molecule has 5 nitrogen and oxygen atoms in total. The van der Waals surface area contributed by atoms with E-state index in [1.807, 2.05) is 35.4 Å². The maximum Gasteiger partial charge on any atom is 0.318 e. The highest BCUT2D eigenvalue weighted by atomic mass is 16.2. The molecule has 1 saturated carbocycles. The predicted molar refractivity (Wildman–Crippen MR) is 93.1 cm³/mol. The summed E-state index contributed by atoms with van der Waals surface area (Å²) >= 11 is 0. The van der Waals surface area contributed by atoms with Crippen molar-refractivity contribution in [3.63, 3.8) is 0 Å². The molecular formula is C19H24N4O. The number of carbonyl (C=O) groups is 1. The van der Waals surface area contributed by atoms with Crippen LogP contribution < -0.4 is 5.32 Å². The van der Waals surface area contributed by atoms with E-state index in [1.54, 1.807) is 18.6 Å². The molecule has 0 radical (unpaired) electrons. The van der Waals surface area contributed by atoms with Crippen molar-refractivity contribution in [2.24, 2.45) is 5.92 Å². The van der Waals surface area contributed by atoms with Gasteiger partial charge in [-0.2, -0.15) is 0 Å². The van der Waals surface area contributed by atoms with E-state index in [0.717, 1.165) is 17.7 Å². The molecule has 1 N–H and O–H groups in total. The largest absolute Gasteiger partial charge is 0.338 e. The second-order valence-corrected chi connectivity index (χ2v) is 6.41. The Bertz CT molecular complexity index is 585. The third kappa shape index (κ3) is 4.78. The zero-order chi connectivity index (χ0) is 16.6. The fourth-order valence-corrected chi connectivity index (χ4v) is 3.18. The first kappa shape index (κ1) is 16.4. The van der Waals surface area contributed by atoms with Gasteiger partial charge in [-0.3, -0.25) is 9.97 Å². The zero-order valence-corrected chi connectivity index (χ0v) is 13.9. The van der Waals surface area contributed by atoms with Crippen LogP contribution >= 0.6 is 0 Å². The number of pyridine rings is 2. The third-order valence-electron chi connectivity index (χ3n) is 4.52. The number of amides is 2. The van der Waals surface area contributed by atoms with Crippen LogP contribution in [0, 0.1) is 5.92 Å². The van der Waals surface area contributed by atoms with E-state index >= 15 is 0 Å². The lowest BCUT2D eigenvalue weighted by molar-refractivity contribution is 0.190. The summed E-state index contributed by atoms with van der Waals surface area (Å²) in [6.07, 6.45) is 12.1. The minimum Gasteiger partial charge on any atom is -0.338 e. The van der Waals surface area contributed by atoms with Gasteiger partial charge < -0.3 is 10.2 Å². The Balaban J connectivity index is 1.64. The van der Waals surface area contributed by atoms with E-state index in [0.29, 0.717) is 19.0 Å². The van der Waals surface area contributed by atoms with Gasteiger partial charge in [0.05, 0.1) is 0 Å². The lowest BCUT2D eigenvalue weighted by atomic mass is 10.1. The van der Waals surface area contributed by atoms with Gasteiger partial charge in [-0.15, -0.1) is 0 Å². The molecule has 2 heterocycles. The minimum absolute atomic E-state index is 0.0115. The summed E-state index contributed by atoms with van der Waals surface area (Å²) in [6.45, 7) is 1.89. The normalized spacial score (nSPS) is 14.5. The van der Waals surface area contributed by atoms with Crippen molar-refractivity contribution >= 4 is 6.03 Å². The summed E-state index contributed by atoms with van der Waals surface area (Å²) < 4.78 is 0. The Morgan fingerprint density at radius 2 is 1.79 bits per heavy atom.